The van der Waals surface area contributed by atoms with Crippen LogP contribution in [-0.2, 0) is 17.6 Å². The number of hydrogen-bond acceptors (Lipinski definition) is 4. The van der Waals surface area contributed by atoms with E-state index >= 15 is 0 Å². The van der Waals surface area contributed by atoms with Gasteiger partial charge in [-0.2, -0.15) is 5.26 Å². The van der Waals surface area contributed by atoms with E-state index in [0.717, 1.165) is 30.5 Å². The van der Waals surface area contributed by atoms with Crippen molar-refractivity contribution in [3.63, 3.8) is 0 Å². The lowest BCUT2D eigenvalue weighted by Gasteiger charge is -2.16. The Morgan fingerprint density at radius 1 is 1.53 bits per heavy atom. The van der Waals surface area contributed by atoms with Gasteiger partial charge in [0, 0.05) is 5.69 Å². The number of fused-ring (bicyclic) bond motifs is 1. The van der Waals surface area contributed by atoms with Crippen LogP contribution in [0.3, 0.4) is 0 Å². The Labute approximate surface area is 116 Å². The first-order chi connectivity index (χ1) is 9.02. The van der Waals surface area contributed by atoms with Crippen LogP contribution in [0, 0.1) is 17.2 Å². The van der Waals surface area contributed by atoms with Crippen molar-refractivity contribution < 1.29 is 9.90 Å². The average Bonchev–Trinajstić information content (AvgIpc) is 2.80. The Balaban J connectivity index is 2.34. The van der Waals surface area contributed by atoms with Crippen LogP contribution < -0.4 is 0 Å². The third-order valence-corrected chi connectivity index (χ3v) is 4.76. The molecule has 0 bridgehead atoms. The molecule has 4 nitrogen and oxygen atoms in total. The summed E-state index contributed by atoms with van der Waals surface area (Å²) in [6.07, 6.45) is 2.95. The smallest absolute Gasteiger partial charge is 0.317 e. The predicted octanol–water partition coefficient (Wildman–Crippen LogP) is 2.64. The molecule has 1 N–H and O–H groups in total. The Morgan fingerprint density at radius 3 is 2.84 bits per heavy atom. The molecular weight excluding hydrogens is 260 g/mol. The molecule has 2 rings (SSSR count). The number of rotatable bonds is 4. The standard InChI is InChI=1S/C14H16N2O2S/c1-8(2)12(14(17)18)19-13-10(7-15)6-9-4-3-5-11(9)16-13/h6,8,12H,3-5H2,1-2H3,(H,17,18). The van der Waals surface area contributed by atoms with Gasteiger partial charge >= 0.3 is 5.97 Å². The molecule has 1 aliphatic carbocycles. The molecule has 1 heterocycles. The Hall–Kier alpha value is -1.54. The average molecular weight is 276 g/mol. The molecule has 0 spiro atoms. The van der Waals surface area contributed by atoms with Crippen molar-refractivity contribution in [2.24, 2.45) is 5.92 Å². The predicted molar refractivity (Wildman–Crippen MR) is 73.1 cm³/mol. The van der Waals surface area contributed by atoms with Gasteiger partial charge in [-0.15, -0.1) is 0 Å². The quantitative estimate of drug-likeness (QED) is 0.856. The molecule has 0 radical (unpaired) electrons. The topological polar surface area (TPSA) is 74.0 Å². The Kier molecular flexibility index (Phi) is 4.11. The summed E-state index contributed by atoms with van der Waals surface area (Å²) in [5.74, 6) is -0.865. The van der Waals surface area contributed by atoms with Crippen LogP contribution in [0.15, 0.2) is 11.1 Å². The Morgan fingerprint density at radius 2 is 2.26 bits per heavy atom. The first kappa shape index (κ1) is 13.9. The van der Waals surface area contributed by atoms with Gasteiger partial charge in [0.25, 0.3) is 0 Å². The summed E-state index contributed by atoms with van der Waals surface area (Å²) < 4.78 is 0. The number of nitriles is 1. The minimum atomic E-state index is -0.855. The molecule has 5 heteroatoms. The summed E-state index contributed by atoms with van der Waals surface area (Å²) >= 11 is 1.19. The van der Waals surface area contributed by atoms with Crippen molar-refractivity contribution >= 4 is 17.7 Å². The molecule has 19 heavy (non-hydrogen) atoms. The molecule has 0 aliphatic heterocycles. The summed E-state index contributed by atoms with van der Waals surface area (Å²) in [6, 6.07) is 4.00. The first-order valence-corrected chi connectivity index (χ1v) is 7.23. The minimum Gasteiger partial charge on any atom is -0.480 e. The molecule has 1 aromatic heterocycles. The van der Waals surface area contributed by atoms with Crippen LogP contribution in [0.2, 0.25) is 0 Å². The second-order valence-corrected chi connectivity index (χ2v) is 6.16. The van der Waals surface area contributed by atoms with E-state index in [-0.39, 0.29) is 5.92 Å². The van der Waals surface area contributed by atoms with Crippen LogP contribution in [0.1, 0.15) is 37.1 Å². The van der Waals surface area contributed by atoms with E-state index in [1.807, 2.05) is 19.9 Å². The molecule has 1 unspecified atom stereocenters. The maximum atomic E-state index is 11.2. The number of carbonyl (C=O) groups is 1. The number of aliphatic carboxylic acids is 1. The zero-order chi connectivity index (χ0) is 14.0. The van der Waals surface area contributed by atoms with Crippen molar-refractivity contribution in [2.45, 2.75) is 43.4 Å². The Bertz CT molecular complexity index is 549. The third-order valence-electron chi connectivity index (χ3n) is 3.22. The highest BCUT2D eigenvalue weighted by Gasteiger charge is 2.26. The van der Waals surface area contributed by atoms with E-state index in [1.165, 1.54) is 11.8 Å². The van der Waals surface area contributed by atoms with Crippen LogP contribution in [0.5, 0.6) is 0 Å². The number of pyridine rings is 1. The first-order valence-electron chi connectivity index (χ1n) is 6.35. The zero-order valence-corrected chi connectivity index (χ0v) is 11.8. The molecule has 1 aliphatic rings. The number of aromatic nitrogens is 1. The summed E-state index contributed by atoms with van der Waals surface area (Å²) in [4.78, 5) is 15.8. The second kappa shape index (κ2) is 5.62. The molecule has 0 fully saturated rings. The lowest BCUT2D eigenvalue weighted by Crippen LogP contribution is -2.22. The van der Waals surface area contributed by atoms with Crippen LogP contribution in [0.4, 0.5) is 0 Å². The van der Waals surface area contributed by atoms with Crippen molar-refractivity contribution in [2.75, 3.05) is 0 Å². The maximum absolute atomic E-state index is 11.2. The van der Waals surface area contributed by atoms with Gasteiger partial charge in [-0.3, -0.25) is 4.79 Å². The fourth-order valence-corrected chi connectivity index (χ4v) is 3.22. The summed E-state index contributed by atoms with van der Waals surface area (Å²) in [7, 11) is 0. The van der Waals surface area contributed by atoms with E-state index < -0.39 is 11.2 Å². The molecule has 1 aromatic rings. The lowest BCUT2D eigenvalue weighted by molar-refractivity contribution is -0.137. The molecule has 0 saturated carbocycles. The van der Waals surface area contributed by atoms with Gasteiger partial charge in [0.05, 0.1) is 5.56 Å². The molecule has 0 aromatic carbocycles. The molecule has 0 amide bonds. The highest BCUT2D eigenvalue weighted by molar-refractivity contribution is 8.00. The third kappa shape index (κ3) is 2.90. The van der Waals surface area contributed by atoms with Crippen molar-refractivity contribution in [3.8, 4) is 6.07 Å². The van der Waals surface area contributed by atoms with E-state index in [4.69, 9.17) is 0 Å². The summed E-state index contributed by atoms with van der Waals surface area (Å²) in [5, 5.41) is 18.4. The number of carboxylic acids is 1. The number of thioether (sulfide) groups is 1. The SMILES string of the molecule is CC(C)C(Sc1nc2c(cc1C#N)CCC2)C(=O)O. The molecule has 1 atom stereocenters. The second-order valence-electron chi connectivity index (χ2n) is 5.03. The van der Waals surface area contributed by atoms with Gasteiger partial charge in [0.15, 0.2) is 0 Å². The van der Waals surface area contributed by atoms with Crippen molar-refractivity contribution in [1.82, 2.24) is 4.98 Å². The van der Waals surface area contributed by atoms with E-state index in [2.05, 4.69) is 11.1 Å². The number of nitrogens with zero attached hydrogens (tertiary/aromatic N) is 2. The van der Waals surface area contributed by atoms with Crippen molar-refractivity contribution in [1.29, 1.82) is 5.26 Å². The van der Waals surface area contributed by atoms with Gasteiger partial charge in [-0.1, -0.05) is 25.6 Å². The van der Waals surface area contributed by atoms with Gasteiger partial charge in [0.1, 0.15) is 16.3 Å². The van der Waals surface area contributed by atoms with Crippen LogP contribution in [0.25, 0.3) is 0 Å². The highest BCUT2D eigenvalue weighted by atomic mass is 32.2. The fourth-order valence-electron chi connectivity index (χ4n) is 2.21. The zero-order valence-electron chi connectivity index (χ0n) is 11.0. The lowest BCUT2D eigenvalue weighted by atomic mass is 10.1. The normalized spacial score (nSPS) is 15.1. The van der Waals surface area contributed by atoms with E-state index in [1.54, 1.807) is 0 Å². The van der Waals surface area contributed by atoms with E-state index in [0.29, 0.717) is 10.6 Å². The van der Waals surface area contributed by atoms with Gasteiger partial charge in [-0.25, -0.2) is 4.98 Å². The van der Waals surface area contributed by atoms with Crippen molar-refractivity contribution in [3.05, 3.63) is 22.9 Å². The monoisotopic (exact) mass is 276 g/mol. The minimum absolute atomic E-state index is 0.0101. The largest absolute Gasteiger partial charge is 0.480 e. The fraction of sp³-hybridized carbons (Fsp3) is 0.500. The van der Waals surface area contributed by atoms with E-state index in [9.17, 15) is 15.2 Å². The molecule has 0 saturated heterocycles. The van der Waals surface area contributed by atoms with Gasteiger partial charge in [0.2, 0.25) is 0 Å². The highest BCUT2D eigenvalue weighted by Crippen LogP contribution is 2.32. The number of aryl methyl sites for hydroxylation is 2. The molecular formula is C14H16N2O2S. The molecule has 100 valence electrons. The number of carboxylic acid groups (broad SMARTS) is 1. The van der Waals surface area contributed by atoms with Gasteiger partial charge < -0.3 is 5.11 Å². The summed E-state index contributed by atoms with van der Waals surface area (Å²) in [6.45, 7) is 3.73. The van der Waals surface area contributed by atoms with Crippen LogP contribution in [-0.4, -0.2) is 21.3 Å². The van der Waals surface area contributed by atoms with Crippen LogP contribution >= 0.6 is 11.8 Å². The van der Waals surface area contributed by atoms with Gasteiger partial charge in [-0.05, 0) is 36.8 Å². The number of hydrogen-bond donors (Lipinski definition) is 1. The maximum Gasteiger partial charge on any atom is 0.317 e. The summed E-state index contributed by atoms with van der Waals surface area (Å²) in [5.41, 5.74) is 2.66.